The Morgan fingerprint density at radius 3 is 2.29 bits per heavy atom. The molecule has 1 unspecified atom stereocenters. The Hall–Kier alpha value is -2.31. The highest BCUT2D eigenvalue weighted by Crippen LogP contribution is 2.34. The summed E-state index contributed by atoms with van der Waals surface area (Å²) in [5.74, 6) is -0.260. The molecule has 1 N–H and O–H groups in total. The van der Waals surface area contributed by atoms with E-state index < -0.39 is 0 Å². The summed E-state index contributed by atoms with van der Waals surface area (Å²) >= 11 is 5.57. The summed E-state index contributed by atoms with van der Waals surface area (Å²) in [6, 6.07) is 10.3. The van der Waals surface area contributed by atoms with Gasteiger partial charge in [0, 0.05) is 23.5 Å². The summed E-state index contributed by atoms with van der Waals surface area (Å²) in [7, 11) is 4.01. The number of hydrogen-bond acceptors (Lipinski definition) is 3. The summed E-state index contributed by atoms with van der Waals surface area (Å²) in [6.45, 7) is 2.09. The van der Waals surface area contributed by atoms with Crippen LogP contribution in [0.15, 0.2) is 48.8 Å². The smallest absolute Gasteiger partial charge is 0.179 e. The largest absolute Gasteiger partial charge is 0.330 e. The molecule has 3 rings (SSSR count). The fourth-order valence-electron chi connectivity index (χ4n) is 2.65. The molecule has 0 amide bonds. The number of hydrogen-bond donors (Lipinski definition) is 1. The molecule has 0 aliphatic heterocycles. The van der Waals surface area contributed by atoms with Crippen LogP contribution in [0.25, 0.3) is 22.5 Å². The predicted molar refractivity (Wildman–Crippen MR) is 96.6 cm³/mol. The Morgan fingerprint density at radius 1 is 1.08 bits per heavy atom. The number of aromatic amines is 1. The van der Waals surface area contributed by atoms with Crippen molar-refractivity contribution in [2.24, 2.45) is 0 Å². The van der Waals surface area contributed by atoms with Gasteiger partial charge < -0.3 is 9.55 Å². The van der Waals surface area contributed by atoms with Crippen LogP contribution in [-0.2, 0) is 0 Å². The molecule has 1 atom stereocenters. The summed E-state index contributed by atoms with van der Waals surface area (Å²) in [5, 5.41) is 0. The van der Waals surface area contributed by atoms with Gasteiger partial charge in [-0.1, -0.05) is 0 Å². The highest BCUT2D eigenvalue weighted by Gasteiger charge is 2.20. The first-order valence-electron chi connectivity index (χ1n) is 7.66. The first kappa shape index (κ1) is 16.5. The van der Waals surface area contributed by atoms with Gasteiger partial charge in [0.15, 0.2) is 4.77 Å². The molecule has 6 heteroatoms. The number of benzene rings is 1. The average molecular weight is 342 g/mol. The Morgan fingerprint density at radius 2 is 1.71 bits per heavy atom. The average Bonchev–Trinajstić information content (AvgIpc) is 2.92. The fourth-order valence-corrected chi connectivity index (χ4v) is 3.00. The van der Waals surface area contributed by atoms with E-state index >= 15 is 0 Å². The molecule has 0 saturated carbocycles. The molecule has 0 spiro atoms. The van der Waals surface area contributed by atoms with Gasteiger partial charge in [-0.3, -0.25) is 9.88 Å². The highest BCUT2D eigenvalue weighted by atomic mass is 32.1. The van der Waals surface area contributed by atoms with Gasteiger partial charge in [0.1, 0.15) is 5.82 Å². The number of halogens is 1. The van der Waals surface area contributed by atoms with E-state index in [9.17, 15) is 4.39 Å². The lowest BCUT2D eigenvalue weighted by atomic mass is 10.1. The molecule has 0 saturated heterocycles. The molecule has 24 heavy (non-hydrogen) atoms. The van der Waals surface area contributed by atoms with Crippen molar-refractivity contribution in [3.8, 4) is 22.5 Å². The zero-order valence-electron chi connectivity index (χ0n) is 13.8. The number of imidazole rings is 1. The van der Waals surface area contributed by atoms with E-state index in [1.165, 1.54) is 12.1 Å². The SMILES string of the molecule is CC(N(C)C)n1c(-c2ccncc2)c(-c2ccc(F)cc2)[nH]c1=S. The topological polar surface area (TPSA) is 36.9 Å². The molecule has 0 aliphatic carbocycles. The van der Waals surface area contributed by atoms with Crippen molar-refractivity contribution in [3.63, 3.8) is 0 Å². The van der Waals surface area contributed by atoms with E-state index in [1.54, 1.807) is 24.5 Å². The van der Waals surface area contributed by atoms with Crippen LogP contribution in [0.5, 0.6) is 0 Å². The summed E-state index contributed by atoms with van der Waals surface area (Å²) in [6.07, 6.45) is 3.57. The van der Waals surface area contributed by atoms with Gasteiger partial charge in [0.25, 0.3) is 0 Å². The van der Waals surface area contributed by atoms with Crippen LogP contribution < -0.4 is 0 Å². The number of rotatable bonds is 4. The first-order chi connectivity index (χ1) is 11.5. The zero-order chi connectivity index (χ0) is 17.3. The third-order valence-electron chi connectivity index (χ3n) is 4.14. The monoisotopic (exact) mass is 342 g/mol. The molecule has 0 radical (unpaired) electrons. The zero-order valence-corrected chi connectivity index (χ0v) is 14.6. The van der Waals surface area contributed by atoms with Crippen molar-refractivity contribution in [1.82, 2.24) is 19.4 Å². The maximum atomic E-state index is 13.3. The van der Waals surface area contributed by atoms with Gasteiger partial charge in [0.2, 0.25) is 0 Å². The Labute approximate surface area is 145 Å². The molecule has 124 valence electrons. The van der Waals surface area contributed by atoms with E-state index in [1.807, 2.05) is 26.2 Å². The van der Waals surface area contributed by atoms with Crippen molar-refractivity contribution in [2.75, 3.05) is 14.1 Å². The Balaban J connectivity index is 2.29. The molecule has 2 aromatic heterocycles. The molecule has 2 heterocycles. The van der Waals surface area contributed by atoms with E-state index in [-0.39, 0.29) is 12.0 Å². The third kappa shape index (κ3) is 3.02. The minimum Gasteiger partial charge on any atom is -0.330 e. The number of nitrogens with one attached hydrogen (secondary N) is 1. The second-order valence-electron chi connectivity index (χ2n) is 5.86. The lowest BCUT2D eigenvalue weighted by molar-refractivity contribution is 0.238. The van der Waals surface area contributed by atoms with Gasteiger partial charge in [-0.25, -0.2) is 4.39 Å². The summed E-state index contributed by atoms with van der Waals surface area (Å²) < 4.78 is 16.0. The van der Waals surface area contributed by atoms with Crippen LogP contribution >= 0.6 is 12.2 Å². The van der Waals surface area contributed by atoms with Gasteiger partial charge in [0.05, 0.1) is 17.6 Å². The second kappa shape index (κ2) is 6.67. The predicted octanol–water partition coefficient (Wildman–Crippen LogP) is 4.49. The quantitative estimate of drug-likeness (QED) is 0.710. The molecule has 3 aromatic rings. The molecule has 0 aliphatic rings. The van der Waals surface area contributed by atoms with Crippen molar-refractivity contribution in [1.29, 1.82) is 0 Å². The van der Waals surface area contributed by atoms with Crippen LogP contribution in [0.1, 0.15) is 13.1 Å². The minimum absolute atomic E-state index is 0.0612. The van der Waals surface area contributed by atoms with E-state index in [4.69, 9.17) is 12.2 Å². The number of H-pyrrole nitrogens is 1. The van der Waals surface area contributed by atoms with Gasteiger partial charge in [-0.05, 0) is 69.6 Å². The van der Waals surface area contributed by atoms with Crippen LogP contribution in [0.3, 0.4) is 0 Å². The second-order valence-corrected chi connectivity index (χ2v) is 6.25. The van der Waals surface area contributed by atoms with E-state index in [0.717, 1.165) is 22.5 Å². The number of nitrogens with zero attached hydrogens (tertiary/aromatic N) is 3. The van der Waals surface area contributed by atoms with Crippen LogP contribution in [-0.4, -0.2) is 33.5 Å². The maximum Gasteiger partial charge on any atom is 0.179 e. The van der Waals surface area contributed by atoms with Gasteiger partial charge in [-0.15, -0.1) is 0 Å². The number of pyridine rings is 1. The van der Waals surface area contributed by atoms with Crippen LogP contribution in [0.4, 0.5) is 4.39 Å². The Bertz CT molecular complexity index is 882. The molecular weight excluding hydrogens is 323 g/mol. The van der Waals surface area contributed by atoms with Crippen LogP contribution in [0, 0.1) is 10.6 Å². The fraction of sp³-hybridized carbons (Fsp3) is 0.222. The van der Waals surface area contributed by atoms with Crippen molar-refractivity contribution >= 4 is 12.2 Å². The lowest BCUT2D eigenvalue weighted by Gasteiger charge is -2.24. The van der Waals surface area contributed by atoms with Gasteiger partial charge >= 0.3 is 0 Å². The summed E-state index contributed by atoms with van der Waals surface area (Å²) in [5.41, 5.74) is 3.74. The van der Waals surface area contributed by atoms with Crippen molar-refractivity contribution < 1.29 is 4.39 Å². The molecule has 4 nitrogen and oxygen atoms in total. The molecular formula is C18H19FN4S. The van der Waals surface area contributed by atoms with Crippen LogP contribution in [0.2, 0.25) is 0 Å². The summed E-state index contributed by atoms with van der Waals surface area (Å²) in [4.78, 5) is 9.47. The Kier molecular flexibility index (Phi) is 4.59. The van der Waals surface area contributed by atoms with Gasteiger partial charge in [-0.2, -0.15) is 0 Å². The first-order valence-corrected chi connectivity index (χ1v) is 8.07. The standard InChI is InChI=1S/C18H19FN4S/c1-12(22(2)3)23-17(14-8-10-20-11-9-14)16(21-18(23)24)13-4-6-15(19)7-5-13/h4-12H,1-3H3,(H,21,24). The third-order valence-corrected chi connectivity index (χ3v) is 4.43. The minimum atomic E-state index is -0.260. The molecule has 1 aromatic carbocycles. The maximum absolute atomic E-state index is 13.3. The number of aromatic nitrogens is 3. The van der Waals surface area contributed by atoms with Crippen molar-refractivity contribution in [2.45, 2.75) is 13.1 Å². The molecule has 0 fully saturated rings. The lowest BCUT2D eigenvalue weighted by Crippen LogP contribution is -2.23. The van der Waals surface area contributed by atoms with E-state index in [2.05, 4.69) is 26.4 Å². The highest BCUT2D eigenvalue weighted by molar-refractivity contribution is 7.71. The van der Waals surface area contributed by atoms with E-state index in [0.29, 0.717) is 4.77 Å². The normalized spacial score (nSPS) is 12.5. The molecule has 0 bridgehead atoms. The van der Waals surface area contributed by atoms with Crippen molar-refractivity contribution in [3.05, 3.63) is 59.4 Å².